The minimum Gasteiger partial charge on any atom is -0.366 e. The minimum atomic E-state index is -0.470. The van der Waals surface area contributed by atoms with E-state index in [4.69, 9.17) is 5.73 Å². The Labute approximate surface area is 101 Å². The number of nitrogens with one attached hydrogen (secondary N) is 1. The second-order valence-electron chi connectivity index (χ2n) is 4.12. The van der Waals surface area contributed by atoms with Gasteiger partial charge in [-0.2, -0.15) is 0 Å². The van der Waals surface area contributed by atoms with Crippen LogP contribution in [0.2, 0.25) is 0 Å². The number of carbonyl (C=O) groups excluding carboxylic acids is 2. The number of rotatable bonds is 5. The third-order valence-electron chi connectivity index (χ3n) is 2.61. The van der Waals surface area contributed by atoms with Crippen LogP contribution in [-0.4, -0.2) is 11.8 Å². The molecule has 0 unspecified atom stereocenters. The van der Waals surface area contributed by atoms with E-state index in [0.29, 0.717) is 11.3 Å². The lowest BCUT2D eigenvalue weighted by Gasteiger charge is -2.11. The molecule has 0 saturated heterocycles. The van der Waals surface area contributed by atoms with E-state index in [-0.39, 0.29) is 11.8 Å². The Kier molecular flexibility index (Phi) is 4.69. The van der Waals surface area contributed by atoms with Crippen LogP contribution in [0.25, 0.3) is 0 Å². The fourth-order valence-corrected chi connectivity index (χ4v) is 1.55. The maximum Gasteiger partial charge on any atom is 0.248 e. The average molecular weight is 234 g/mol. The van der Waals surface area contributed by atoms with Gasteiger partial charge in [-0.3, -0.25) is 9.59 Å². The van der Waals surface area contributed by atoms with Gasteiger partial charge in [-0.1, -0.05) is 20.3 Å². The van der Waals surface area contributed by atoms with E-state index >= 15 is 0 Å². The predicted molar refractivity (Wildman–Crippen MR) is 67.7 cm³/mol. The summed E-state index contributed by atoms with van der Waals surface area (Å²) in [5.74, 6) is -0.475. The molecular formula is C13H18N2O2. The molecule has 0 fully saturated rings. The molecule has 1 aromatic carbocycles. The smallest absolute Gasteiger partial charge is 0.248 e. The van der Waals surface area contributed by atoms with Gasteiger partial charge in [0.15, 0.2) is 0 Å². The van der Waals surface area contributed by atoms with Crippen molar-refractivity contribution >= 4 is 17.5 Å². The summed E-state index contributed by atoms with van der Waals surface area (Å²) in [6.07, 6.45) is 1.85. The summed E-state index contributed by atoms with van der Waals surface area (Å²) in [7, 11) is 0. The van der Waals surface area contributed by atoms with E-state index < -0.39 is 5.91 Å². The predicted octanol–water partition coefficient (Wildman–Crippen LogP) is 2.16. The zero-order chi connectivity index (χ0) is 12.8. The quantitative estimate of drug-likeness (QED) is 0.819. The standard InChI is InChI=1S/C13H18N2O2/c1-3-4-9(2)13(17)15-11-7-5-10(6-8-11)12(14)16/h5-9H,3-4H2,1-2H3,(H2,14,16)(H,15,17)/t9-/m1/s1. The molecule has 0 spiro atoms. The molecule has 92 valence electrons. The molecule has 4 heteroatoms. The Hall–Kier alpha value is -1.84. The molecule has 3 N–H and O–H groups in total. The number of hydrogen-bond acceptors (Lipinski definition) is 2. The van der Waals surface area contributed by atoms with Crippen molar-refractivity contribution in [2.75, 3.05) is 5.32 Å². The Bertz CT molecular complexity index is 398. The van der Waals surface area contributed by atoms with Crippen molar-refractivity contribution in [1.29, 1.82) is 0 Å². The maximum absolute atomic E-state index is 11.7. The highest BCUT2D eigenvalue weighted by atomic mass is 16.2. The summed E-state index contributed by atoms with van der Waals surface area (Å²) in [5, 5.41) is 2.80. The first-order chi connectivity index (χ1) is 8.04. The Morgan fingerprint density at radius 3 is 2.35 bits per heavy atom. The van der Waals surface area contributed by atoms with Gasteiger partial charge < -0.3 is 11.1 Å². The SMILES string of the molecule is CCC[C@@H](C)C(=O)Nc1ccc(C(N)=O)cc1. The van der Waals surface area contributed by atoms with Gasteiger partial charge in [0.2, 0.25) is 11.8 Å². The van der Waals surface area contributed by atoms with Crippen LogP contribution in [0.3, 0.4) is 0 Å². The van der Waals surface area contributed by atoms with Crippen LogP contribution >= 0.6 is 0 Å². The molecule has 17 heavy (non-hydrogen) atoms. The van der Waals surface area contributed by atoms with Crippen LogP contribution < -0.4 is 11.1 Å². The highest BCUT2D eigenvalue weighted by molar-refractivity contribution is 5.95. The molecule has 1 rings (SSSR count). The third kappa shape index (κ3) is 3.90. The van der Waals surface area contributed by atoms with Gasteiger partial charge in [0.25, 0.3) is 0 Å². The second-order valence-corrected chi connectivity index (χ2v) is 4.12. The van der Waals surface area contributed by atoms with Crippen LogP contribution in [0, 0.1) is 5.92 Å². The summed E-state index contributed by atoms with van der Waals surface area (Å²) >= 11 is 0. The number of hydrogen-bond donors (Lipinski definition) is 2. The highest BCUT2D eigenvalue weighted by Crippen LogP contribution is 2.12. The number of anilines is 1. The van der Waals surface area contributed by atoms with Crippen LogP contribution in [0.15, 0.2) is 24.3 Å². The fourth-order valence-electron chi connectivity index (χ4n) is 1.55. The molecule has 4 nitrogen and oxygen atoms in total. The van der Waals surface area contributed by atoms with Crippen molar-refractivity contribution < 1.29 is 9.59 Å². The molecule has 0 aliphatic rings. The van der Waals surface area contributed by atoms with E-state index in [1.54, 1.807) is 24.3 Å². The second kappa shape index (κ2) is 6.03. The molecule has 0 heterocycles. The van der Waals surface area contributed by atoms with Gasteiger partial charge >= 0.3 is 0 Å². The van der Waals surface area contributed by atoms with Gasteiger partial charge in [-0.25, -0.2) is 0 Å². The first kappa shape index (κ1) is 13.2. The summed E-state index contributed by atoms with van der Waals surface area (Å²) in [4.78, 5) is 22.6. The van der Waals surface area contributed by atoms with Gasteiger partial charge in [-0.05, 0) is 30.7 Å². The summed E-state index contributed by atoms with van der Waals surface area (Å²) < 4.78 is 0. The number of primary amides is 1. The minimum absolute atomic E-state index is 0.00123. The molecule has 0 aliphatic carbocycles. The molecule has 1 aromatic rings. The Balaban J connectivity index is 2.63. The van der Waals surface area contributed by atoms with Crippen molar-refractivity contribution in [1.82, 2.24) is 0 Å². The Morgan fingerprint density at radius 1 is 1.29 bits per heavy atom. The third-order valence-corrected chi connectivity index (χ3v) is 2.61. The van der Waals surface area contributed by atoms with Crippen LogP contribution in [-0.2, 0) is 4.79 Å². The molecule has 2 amide bonds. The van der Waals surface area contributed by atoms with E-state index in [2.05, 4.69) is 5.32 Å². The van der Waals surface area contributed by atoms with Crippen molar-refractivity contribution in [3.05, 3.63) is 29.8 Å². The van der Waals surface area contributed by atoms with Crippen molar-refractivity contribution in [3.8, 4) is 0 Å². The lowest BCUT2D eigenvalue weighted by atomic mass is 10.1. The first-order valence-electron chi connectivity index (χ1n) is 5.75. The molecule has 0 radical (unpaired) electrons. The van der Waals surface area contributed by atoms with Crippen LogP contribution in [0.4, 0.5) is 5.69 Å². The molecule has 0 bridgehead atoms. The van der Waals surface area contributed by atoms with Gasteiger partial charge in [-0.15, -0.1) is 0 Å². The van der Waals surface area contributed by atoms with Gasteiger partial charge in [0.1, 0.15) is 0 Å². The number of benzene rings is 1. The molecule has 0 aromatic heterocycles. The number of carbonyl (C=O) groups is 2. The summed E-state index contributed by atoms with van der Waals surface area (Å²) in [5.41, 5.74) is 6.24. The van der Waals surface area contributed by atoms with E-state index in [1.807, 2.05) is 13.8 Å². The monoisotopic (exact) mass is 234 g/mol. The lowest BCUT2D eigenvalue weighted by molar-refractivity contribution is -0.119. The van der Waals surface area contributed by atoms with E-state index in [9.17, 15) is 9.59 Å². The highest BCUT2D eigenvalue weighted by Gasteiger charge is 2.11. The topological polar surface area (TPSA) is 72.2 Å². The molecule has 0 aliphatic heterocycles. The van der Waals surface area contributed by atoms with Crippen molar-refractivity contribution in [3.63, 3.8) is 0 Å². The largest absolute Gasteiger partial charge is 0.366 e. The van der Waals surface area contributed by atoms with Crippen LogP contribution in [0.5, 0.6) is 0 Å². The van der Waals surface area contributed by atoms with Gasteiger partial charge in [0, 0.05) is 17.2 Å². The molecule has 1 atom stereocenters. The zero-order valence-electron chi connectivity index (χ0n) is 10.2. The van der Waals surface area contributed by atoms with Gasteiger partial charge in [0.05, 0.1) is 0 Å². The maximum atomic E-state index is 11.7. The average Bonchev–Trinajstić information content (AvgIpc) is 2.30. The lowest BCUT2D eigenvalue weighted by Crippen LogP contribution is -2.20. The van der Waals surface area contributed by atoms with E-state index in [0.717, 1.165) is 12.8 Å². The van der Waals surface area contributed by atoms with Crippen LogP contribution in [0.1, 0.15) is 37.0 Å². The fraction of sp³-hybridized carbons (Fsp3) is 0.385. The summed E-state index contributed by atoms with van der Waals surface area (Å²) in [6.45, 7) is 3.95. The van der Waals surface area contributed by atoms with Crippen molar-refractivity contribution in [2.24, 2.45) is 11.7 Å². The summed E-state index contributed by atoms with van der Waals surface area (Å²) in [6, 6.07) is 6.55. The number of nitrogens with two attached hydrogens (primary N) is 1. The Morgan fingerprint density at radius 2 is 1.88 bits per heavy atom. The zero-order valence-corrected chi connectivity index (χ0v) is 10.2. The molecule has 0 saturated carbocycles. The molecular weight excluding hydrogens is 216 g/mol. The normalized spacial score (nSPS) is 11.9. The first-order valence-corrected chi connectivity index (χ1v) is 5.75. The number of amides is 2. The van der Waals surface area contributed by atoms with Crippen molar-refractivity contribution in [2.45, 2.75) is 26.7 Å². The van der Waals surface area contributed by atoms with E-state index in [1.165, 1.54) is 0 Å².